The van der Waals surface area contributed by atoms with Crippen molar-refractivity contribution in [2.45, 2.75) is 6.54 Å². The van der Waals surface area contributed by atoms with Gasteiger partial charge in [0, 0.05) is 51.6 Å². The van der Waals surface area contributed by atoms with Gasteiger partial charge in [-0.25, -0.2) is 0 Å². The van der Waals surface area contributed by atoms with Crippen LogP contribution in [0, 0.1) is 10.1 Å². The van der Waals surface area contributed by atoms with E-state index in [2.05, 4.69) is 4.90 Å². The first-order chi connectivity index (χ1) is 10.1. The molecule has 0 saturated carbocycles. The normalized spacial score (nSPS) is 10.9. The number of rotatable bonds is 10. The minimum atomic E-state index is -0.405. The number of ether oxygens (including phenoxy) is 3. The Labute approximate surface area is 124 Å². The fraction of sp³-hybridized carbons (Fsp3) is 0.571. The van der Waals surface area contributed by atoms with E-state index in [1.54, 1.807) is 33.5 Å². The molecule has 1 aromatic rings. The van der Waals surface area contributed by atoms with E-state index in [0.29, 0.717) is 38.6 Å². The predicted molar refractivity (Wildman–Crippen MR) is 78.7 cm³/mol. The van der Waals surface area contributed by atoms with Crippen LogP contribution >= 0.6 is 0 Å². The monoisotopic (exact) mass is 298 g/mol. The van der Waals surface area contributed by atoms with E-state index in [9.17, 15) is 10.1 Å². The van der Waals surface area contributed by atoms with Gasteiger partial charge in [0.1, 0.15) is 5.75 Å². The van der Waals surface area contributed by atoms with Crippen molar-refractivity contribution in [3.63, 3.8) is 0 Å². The number of methoxy groups -OCH3 is 3. The van der Waals surface area contributed by atoms with Crippen molar-refractivity contribution in [3.05, 3.63) is 33.9 Å². The third-order valence-electron chi connectivity index (χ3n) is 3.09. The summed E-state index contributed by atoms with van der Waals surface area (Å²) in [6, 6.07) is 4.61. The summed E-state index contributed by atoms with van der Waals surface area (Å²) in [5.41, 5.74) is 0.836. The Morgan fingerprint density at radius 3 is 2.24 bits per heavy atom. The van der Waals surface area contributed by atoms with Gasteiger partial charge in [-0.3, -0.25) is 15.0 Å². The number of benzene rings is 1. The predicted octanol–water partition coefficient (Wildman–Crippen LogP) is 1.70. The summed E-state index contributed by atoms with van der Waals surface area (Å²) in [6.45, 7) is 3.14. The first kappa shape index (κ1) is 17.4. The lowest BCUT2D eigenvalue weighted by atomic mass is 10.1. The molecule has 0 amide bonds. The molecule has 0 aliphatic carbocycles. The molecule has 118 valence electrons. The third-order valence-corrected chi connectivity index (χ3v) is 3.09. The Balaban J connectivity index is 2.88. The Morgan fingerprint density at radius 2 is 1.76 bits per heavy atom. The number of nitro benzene ring substituents is 1. The second-order valence-corrected chi connectivity index (χ2v) is 4.52. The number of hydrogen-bond acceptors (Lipinski definition) is 6. The first-order valence-corrected chi connectivity index (χ1v) is 6.64. The molecule has 1 aromatic carbocycles. The van der Waals surface area contributed by atoms with Gasteiger partial charge in [-0.2, -0.15) is 0 Å². The molecule has 0 aromatic heterocycles. The van der Waals surface area contributed by atoms with Crippen LogP contribution in [0.5, 0.6) is 5.75 Å². The Kier molecular flexibility index (Phi) is 7.66. The summed E-state index contributed by atoms with van der Waals surface area (Å²) in [5, 5.41) is 10.9. The minimum absolute atomic E-state index is 0.0595. The molecule has 0 aliphatic heterocycles. The molecule has 0 spiro atoms. The SMILES string of the molecule is COCCN(CCOC)Cc1cc([N+](=O)[O-])ccc1OC. The lowest BCUT2D eigenvalue weighted by Gasteiger charge is -2.22. The van der Waals surface area contributed by atoms with Crippen LogP contribution in [0.4, 0.5) is 5.69 Å². The summed E-state index contributed by atoms with van der Waals surface area (Å²) in [6.07, 6.45) is 0. The first-order valence-electron chi connectivity index (χ1n) is 6.64. The van der Waals surface area contributed by atoms with Crippen molar-refractivity contribution in [1.82, 2.24) is 4.90 Å². The van der Waals surface area contributed by atoms with Crippen LogP contribution < -0.4 is 4.74 Å². The fourth-order valence-electron chi connectivity index (χ4n) is 1.95. The number of nitro groups is 1. The topological polar surface area (TPSA) is 74.1 Å². The van der Waals surface area contributed by atoms with Gasteiger partial charge in [0.2, 0.25) is 0 Å². The molecular weight excluding hydrogens is 276 g/mol. The zero-order valence-corrected chi connectivity index (χ0v) is 12.7. The van der Waals surface area contributed by atoms with Gasteiger partial charge in [-0.15, -0.1) is 0 Å². The van der Waals surface area contributed by atoms with Crippen LogP contribution in [0.1, 0.15) is 5.56 Å². The van der Waals surface area contributed by atoms with Crippen molar-refractivity contribution >= 4 is 5.69 Å². The molecule has 0 N–H and O–H groups in total. The second kappa shape index (κ2) is 9.28. The summed E-state index contributed by atoms with van der Waals surface area (Å²) < 4.78 is 15.5. The standard InChI is InChI=1S/C14H22N2O5/c1-19-8-6-15(7-9-20-2)11-12-10-13(16(17)18)4-5-14(12)21-3/h4-5,10H,6-9,11H2,1-3H3. The molecule has 1 rings (SSSR count). The van der Waals surface area contributed by atoms with E-state index in [1.165, 1.54) is 6.07 Å². The molecule has 0 heterocycles. The van der Waals surface area contributed by atoms with Crippen LogP contribution in [-0.4, -0.2) is 57.5 Å². The second-order valence-electron chi connectivity index (χ2n) is 4.52. The summed E-state index contributed by atoms with van der Waals surface area (Å²) in [5.74, 6) is 0.639. The van der Waals surface area contributed by atoms with Crippen molar-refractivity contribution in [2.24, 2.45) is 0 Å². The van der Waals surface area contributed by atoms with Crippen LogP contribution in [0.25, 0.3) is 0 Å². The molecule has 7 nitrogen and oxygen atoms in total. The highest BCUT2D eigenvalue weighted by molar-refractivity contribution is 5.43. The molecule has 21 heavy (non-hydrogen) atoms. The van der Waals surface area contributed by atoms with Crippen LogP contribution in [0.2, 0.25) is 0 Å². The van der Waals surface area contributed by atoms with E-state index in [4.69, 9.17) is 14.2 Å². The van der Waals surface area contributed by atoms with E-state index in [1.807, 2.05) is 0 Å². The maximum Gasteiger partial charge on any atom is 0.270 e. The van der Waals surface area contributed by atoms with Crippen LogP contribution in [0.3, 0.4) is 0 Å². The minimum Gasteiger partial charge on any atom is -0.496 e. The molecule has 0 atom stereocenters. The molecule has 0 fully saturated rings. The van der Waals surface area contributed by atoms with Gasteiger partial charge in [0.25, 0.3) is 5.69 Å². The van der Waals surface area contributed by atoms with Crippen LogP contribution in [-0.2, 0) is 16.0 Å². The van der Waals surface area contributed by atoms with Crippen molar-refractivity contribution in [1.29, 1.82) is 0 Å². The van der Waals surface area contributed by atoms with Crippen molar-refractivity contribution < 1.29 is 19.1 Å². The fourth-order valence-corrected chi connectivity index (χ4v) is 1.95. The highest BCUT2D eigenvalue weighted by Gasteiger charge is 2.14. The molecule has 0 radical (unpaired) electrons. The molecule has 7 heteroatoms. The largest absolute Gasteiger partial charge is 0.496 e. The van der Waals surface area contributed by atoms with Gasteiger partial charge in [-0.05, 0) is 6.07 Å². The highest BCUT2D eigenvalue weighted by atomic mass is 16.6. The van der Waals surface area contributed by atoms with Gasteiger partial charge in [0.05, 0.1) is 25.2 Å². The van der Waals surface area contributed by atoms with Gasteiger partial charge >= 0.3 is 0 Å². The molecular formula is C14H22N2O5. The van der Waals surface area contributed by atoms with Crippen LogP contribution in [0.15, 0.2) is 18.2 Å². The molecule has 0 bridgehead atoms. The summed E-state index contributed by atoms with van der Waals surface area (Å²) in [4.78, 5) is 12.6. The molecule has 0 aliphatic rings. The average molecular weight is 298 g/mol. The lowest BCUT2D eigenvalue weighted by molar-refractivity contribution is -0.384. The molecule has 0 unspecified atom stereocenters. The average Bonchev–Trinajstić information content (AvgIpc) is 2.49. The Bertz CT molecular complexity index is 445. The number of non-ortho nitro benzene ring substituents is 1. The maximum absolute atomic E-state index is 10.9. The van der Waals surface area contributed by atoms with Crippen molar-refractivity contribution in [2.75, 3.05) is 47.6 Å². The lowest BCUT2D eigenvalue weighted by Crippen LogP contribution is -2.30. The van der Waals surface area contributed by atoms with Gasteiger partial charge in [-0.1, -0.05) is 0 Å². The quantitative estimate of drug-likeness (QED) is 0.483. The Morgan fingerprint density at radius 1 is 1.14 bits per heavy atom. The number of nitrogens with zero attached hydrogens (tertiary/aromatic N) is 2. The zero-order chi connectivity index (χ0) is 15.7. The van der Waals surface area contributed by atoms with Gasteiger partial charge in [0.15, 0.2) is 0 Å². The van der Waals surface area contributed by atoms with Crippen molar-refractivity contribution in [3.8, 4) is 5.75 Å². The molecule has 0 saturated heterocycles. The number of hydrogen-bond donors (Lipinski definition) is 0. The van der Waals surface area contributed by atoms with E-state index < -0.39 is 4.92 Å². The smallest absolute Gasteiger partial charge is 0.270 e. The van der Waals surface area contributed by atoms with E-state index in [0.717, 1.165) is 5.56 Å². The van der Waals surface area contributed by atoms with E-state index in [-0.39, 0.29) is 5.69 Å². The third kappa shape index (κ3) is 5.66. The summed E-state index contributed by atoms with van der Waals surface area (Å²) >= 11 is 0. The zero-order valence-electron chi connectivity index (χ0n) is 12.7. The maximum atomic E-state index is 10.9. The summed E-state index contributed by atoms with van der Waals surface area (Å²) in [7, 11) is 4.84. The van der Waals surface area contributed by atoms with E-state index >= 15 is 0 Å². The van der Waals surface area contributed by atoms with Gasteiger partial charge < -0.3 is 14.2 Å². The highest BCUT2D eigenvalue weighted by Crippen LogP contribution is 2.25. The Hall–Kier alpha value is -1.70.